The predicted octanol–water partition coefficient (Wildman–Crippen LogP) is 2.66. The molecule has 0 saturated carbocycles. The van der Waals surface area contributed by atoms with Crippen molar-refractivity contribution in [2.75, 3.05) is 6.54 Å². The fourth-order valence-electron chi connectivity index (χ4n) is 1.44. The Morgan fingerprint density at radius 2 is 2.29 bits per heavy atom. The summed E-state index contributed by atoms with van der Waals surface area (Å²) in [4.78, 5) is 12.5. The zero-order valence-corrected chi connectivity index (χ0v) is 10.8. The maximum Gasteiger partial charge on any atom is 0.252 e. The van der Waals surface area contributed by atoms with E-state index in [-0.39, 0.29) is 5.91 Å². The molecule has 2 N–H and O–H groups in total. The van der Waals surface area contributed by atoms with E-state index in [0.29, 0.717) is 18.5 Å². The number of hydrogen-bond donors (Lipinski definition) is 2. The van der Waals surface area contributed by atoms with Crippen molar-refractivity contribution in [1.82, 2.24) is 5.32 Å². The van der Waals surface area contributed by atoms with E-state index in [9.17, 15) is 9.90 Å². The van der Waals surface area contributed by atoms with Crippen molar-refractivity contribution in [2.24, 2.45) is 0 Å². The first kappa shape index (κ1) is 12.3. The maximum absolute atomic E-state index is 11.6. The third-order valence-electron chi connectivity index (χ3n) is 2.36. The van der Waals surface area contributed by atoms with Crippen LogP contribution in [0.15, 0.2) is 34.3 Å². The van der Waals surface area contributed by atoms with E-state index < -0.39 is 6.10 Å². The molecular formula is C12H13NO2S2. The average molecular weight is 267 g/mol. The molecule has 2 heterocycles. The first-order chi connectivity index (χ1) is 8.27. The largest absolute Gasteiger partial charge is 0.388 e. The molecule has 17 heavy (non-hydrogen) atoms. The molecule has 1 amide bonds. The van der Waals surface area contributed by atoms with E-state index in [2.05, 4.69) is 5.32 Å². The van der Waals surface area contributed by atoms with Crippen LogP contribution in [0.1, 0.15) is 27.8 Å². The van der Waals surface area contributed by atoms with Gasteiger partial charge in [-0.05, 0) is 29.3 Å². The van der Waals surface area contributed by atoms with Gasteiger partial charge in [0.2, 0.25) is 0 Å². The highest BCUT2D eigenvalue weighted by Gasteiger charge is 2.09. The Labute approximate surface area is 108 Å². The summed E-state index contributed by atoms with van der Waals surface area (Å²) in [7, 11) is 0. The molecule has 0 spiro atoms. The second-order valence-corrected chi connectivity index (χ2v) is 5.35. The molecule has 0 fully saturated rings. The number of hydrogen-bond acceptors (Lipinski definition) is 4. The lowest BCUT2D eigenvalue weighted by atomic mass is 10.2. The minimum Gasteiger partial charge on any atom is -0.388 e. The van der Waals surface area contributed by atoms with Gasteiger partial charge in [-0.25, -0.2) is 0 Å². The quantitative estimate of drug-likeness (QED) is 0.875. The standard InChI is InChI=1S/C12H13NO2S2/c14-10(11-2-1-6-17-11)3-5-13-12(15)9-4-7-16-8-9/h1-2,4,6-8,10,14H,3,5H2,(H,13,15)/t10-/m0/s1. The Kier molecular flexibility index (Phi) is 4.30. The van der Waals surface area contributed by atoms with Gasteiger partial charge in [-0.1, -0.05) is 6.07 Å². The molecule has 0 aliphatic rings. The first-order valence-electron chi connectivity index (χ1n) is 5.29. The number of carbonyl (C=O) groups excluding carboxylic acids is 1. The van der Waals surface area contributed by atoms with Gasteiger partial charge in [-0.2, -0.15) is 11.3 Å². The smallest absolute Gasteiger partial charge is 0.252 e. The topological polar surface area (TPSA) is 49.3 Å². The monoisotopic (exact) mass is 267 g/mol. The molecule has 0 radical (unpaired) electrons. The number of carbonyl (C=O) groups is 1. The summed E-state index contributed by atoms with van der Waals surface area (Å²) >= 11 is 3.02. The highest BCUT2D eigenvalue weighted by molar-refractivity contribution is 7.10. The normalized spacial score (nSPS) is 12.3. The zero-order valence-electron chi connectivity index (χ0n) is 9.13. The first-order valence-corrected chi connectivity index (χ1v) is 7.11. The van der Waals surface area contributed by atoms with Crippen molar-refractivity contribution < 1.29 is 9.90 Å². The molecule has 0 aliphatic carbocycles. The van der Waals surface area contributed by atoms with Gasteiger partial charge in [-0.15, -0.1) is 11.3 Å². The summed E-state index contributed by atoms with van der Waals surface area (Å²) < 4.78 is 0. The van der Waals surface area contributed by atoms with Crippen LogP contribution in [-0.4, -0.2) is 17.6 Å². The summed E-state index contributed by atoms with van der Waals surface area (Å²) in [5, 5.41) is 18.2. The van der Waals surface area contributed by atoms with E-state index in [1.54, 1.807) is 6.07 Å². The van der Waals surface area contributed by atoms with Crippen LogP contribution in [0.4, 0.5) is 0 Å². The molecule has 1 atom stereocenters. The molecule has 0 aromatic carbocycles. The van der Waals surface area contributed by atoms with Crippen molar-refractivity contribution in [3.05, 3.63) is 44.8 Å². The van der Waals surface area contributed by atoms with E-state index in [1.165, 1.54) is 22.7 Å². The summed E-state index contributed by atoms with van der Waals surface area (Å²) in [5.74, 6) is -0.0790. The van der Waals surface area contributed by atoms with E-state index in [4.69, 9.17) is 0 Å². The lowest BCUT2D eigenvalue weighted by Gasteiger charge is -2.08. The SMILES string of the molecule is O=C(NCC[C@H](O)c1cccs1)c1ccsc1. The molecular weight excluding hydrogens is 254 g/mol. The summed E-state index contributed by atoms with van der Waals surface area (Å²) in [6, 6.07) is 5.60. The van der Waals surface area contributed by atoms with Crippen molar-refractivity contribution in [3.8, 4) is 0 Å². The molecule has 90 valence electrons. The van der Waals surface area contributed by atoms with Crippen LogP contribution in [0, 0.1) is 0 Å². The Morgan fingerprint density at radius 3 is 2.94 bits per heavy atom. The fourth-order valence-corrected chi connectivity index (χ4v) is 2.82. The Morgan fingerprint density at radius 1 is 1.41 bits per heavy atom. The Bertz CT molecular complexity index is 451. The van der Waals surface area contributed by atoms with Gasteiger partial charge >= 0.3 is 0 Å². The average Bonchev–Trinajstić information content (AvgIpc) is 3.02. The number of nitrogens with one attached hydrogen (secondary N) is 1. The number of aliphatic hydroxyl groups excluding tert-OH is 1. The summed E-state index contributed by atoms with van der Waals surface area (Å²) in [5.41, 5.74) is 0.681. The molecule has 2 aromatic heterocycles. The van der Waals surface area contributed by atoms with Gasteiger partial charge in [0.15, 0.2) is 0 Å². The summed E-state index contributed by atoms with van der Waals surface area (Å²) in [6.07, 6.45) is 0.0499. The van der Waals surface area contributed by atoms with Crippen molar-refractivity contribution >= 4 is 28.6 Å². The second-order valence-electron chi connectivity index (χ2n) is 3.59. The van der Waals surface area contributed by atoms with Gasteiger partial charge in [0, 0.05) is 22.4 Å². The van der Waals surface area contributed by atoms with Crippen LogP contribution in [-0.2, 0) is 0 Å². The van der Waals surface area contributed by atoms with Gasteiger partial charge in [0.05, 0.1) is 6.10 Å². The zero-order chi connectivity index (χ0) is 12.1. The molecule has 2 aromatic rings. The number of thiophene rings is 2. The number of amides is 1. The lowest BCUT2D eigenvalue weighted by molar-refractivity contribution is 0.0944. The van der Waals surface area contributed by atoms with E-state index in [1.807, 2.05) is 28.3 Å². The fraction of sp³-hybridized carbons (Fsp3) is 0.250. The van der Waals surface area contributed by atoms with Crippen molar-refractivity contribution in [3.63, 3.8) is 0 Å². The number of rotatable bonds is 5. The minimum absolute atomic E-state index is 0.0790. The molecule has 0 bridgehead atoms. The summed E-state index contributed by atoms with van der Waals surface area (Å²) in [6.45, 7) is 0.480. The van der Waals surface area contributed by atoms with Crippen LogP contribution in [0.25, 0.3) is 0 Å². The second kappa shape index (κ2) is 5.95. The highest BCUT2D eigenvalue weighted by atomic mass is 32.1. The van der Waals surface area contributed by atoms with Crippen LogP contribution >= 0.6 is 22.7 Å². The van der Waals surface area contributed by atoms with Gasteiger partial charge < -0.3 is 10.4 Å². The predicted molar refractivity (Wildman–Crippen MR) is 70.5 cm³/mol. The molecule has 5 heteroatoms. The minimum atomic E-state index is -0.488. The lowest BCUT2D eigenvalue weighted by Crippen LogP contribution is -2.25. The molecule has 0 aliphatic heterocycles. The van der Waals surface area contributed by atoms with Gasteiger partial charge in [0.1, 0.15) is 0 Å². The van der Waals surface area contributed by atoms with Crippen LogP contribution in [0.2, 0.25) is 0 Å². The molecule has 0 unspecified atom stereocenters. The van der Waals surface area contributed by atoms with Crippen molar-refractivity contribution in [2.45, 2.75) is 12.5 Å². The van der Waals surface area contributed by atoms with E-state index in [0.717, 1.165) is 4.88 Å². The molecule has 0 saturated heterocycles. The number of aliphatic hydroxyl groups is 1. The maximum atomic E-state index is 11.6. The third kappa shape index (κ3) is 3.39. The van der Waals surface area contributed by atoms with E-state index >= 15 is 0 Å². The third-order valence-corrected chi connectivity index (χ3v) is 4.02. The molecule has 3 nitrogen and oxygen atoms in total. The Hall–Kier alpha value is -1.17. The van der Waals surface area contributed by atoms with Crippen LogP contribution in [0.3, 0.4) is 0 Å². The molecule has 2 rings (SSSR count). The van der Waals surface area contributed by atoms with Crippen LogP contribution < -0.4 is 5.32 Å². The van der Waals surface area contributed by atoms with Crippen molar-refractivity contribution in [1.29, 1.82) is 0 Å². The van der Waals surface area contributed by atoms with Gasteiger partial charge in [-0.3, -0.25) is 4.79 Å². The van der Waals surface area contributed by atoms with Gasteiger partial charge in [0.25, 0.3) is 5.91 Å². The Balaban J connectivity index is 1.75. The highest BCUT2D eigenvalue weighted by Crippen LogP contribution is 2.20. The van der Waals surface area contributed by atoms with Crippen LogP contribution in [0.5, 0.6) is 0 Å².